The molecule has 0 aromatic heterocycles. The predicted molar refractivity (Wildman–Crippen MR) is 88.1 cm³/mol. The fraction of sp³-hybridized carbons (Fsp3) is 0.562. The van der Waals surface area contributed by atoms with Crippen LogP contribution in [0.5, 0.6) is 5.75 Å². The van der Waals surface area contributed by atoms with E-state index in [1.807, 2.05) is 13.8 Å². The number of carbonyl (C=O) groups is 1. The van der Waals surface area contributed by atoms with Crippen LogP contribution >= 0.6 is 0 Å². The van der Waals surface area contributed by atoms with Gasteiger partial charge in [0, 0.05) is 19.1 Å². The average Bonchev–Trinajstić information content (AvgIpc) is 2.45. The molecule has 0 saturated carbocycles. The summed E-state index contributed by atoms with van der Waals surface area (Å²) >= 11 is 0. The highest BCUT2D eigenvalue weighted by Gasteiger charge is 2.35. The van der Waals surface area contributed by atoms with Gasteiger partial charge in [0.15, 0.2) is 0 Å². The van der Waals surface area contributed by atoms with Gasteiger partial charge in [-0.1, -0.05) is 0 Å². The zero-order chi connectivity index (χ0) is 17.4. The minimum atomic E-state index is -3.70. The zero-order valence-corrected chi connectivity index (χ0v) is 15.1. The standard InChI is InChI=1S/C16H24N2O4S/c1-11(2)18-7-6-17(10-15(18)19)23(20,21)16-12(3)8-14(22-5)9-13(16)4/h8-9,11H,6-7,10H2,1-5H3. The lowest BCUT2D eigenvalue weighted by Crippen LogP contribution is -2.54. The molecule has 128 valence electrons. The second-order valence-corrected chi connectivity index (χ2v) is 7.98. The van der Waals surface area contributed by atoms with Crippen molar-refractivity contribution in [1.29, 1.82) is 0 Å². The van der Waals surface area contributed by atoms with Crippen LogP contribution in [0.3, 0.4) is 0 Å². The number of methoxy groups -OCH3 is 1. The molecule has 1 aromatic carbocycles. The molecule has 0 unspecified atom stereocenters. The third-order valence-electron chi connectivity index (χ3n) is 4.11. The Morgan fingerprint density at radius 2 is 1.70 bits per heavy atom. The van der Waals surface area contributed by atoms with E-state index in [-0.39, 0.29) is 23.4 Å². The number of benzene rings is 1. The SMILES string of the molecule is COc1cc(C)c(S(=O)(=O)N2CCN(C(C)C)C(=O)C2)c(C)c1. The summed E-state index contributed by atoms with van der Waals surface area (Å²) in [7, 11) is -2.15. The molecule has 0 aliphatic carbocycles. The van der Waals surface area contributed by atoms with Crippen molar-refractivity contribution in [2.75, 3.05) is 26.7 Å². The first-order valence-electron chi connectivity index (χ1n) is 7.63. The minimum absolute atomic E-state index is 0.0804. The lowest BCUT2D eigenvalue weighted by Gasteiger charge is -2.36. The Morgan fingerprint density at radius 1 is 1.13 bits per heavy atom. The van der Waals surface area contributed by atoms with E-state index in [0.717, 1.165) is 0 Å². The monoisotopic (exact) mass is 340 g/mol. The van der Waals surface area contributed by atoms with Crippen LogP contribution in [0.25, 0.3) is 0 Å². The Labute approximate surface area is 138 Å². The maximum atomic E-state index is 13.0. The van der Waals surface area contributed by atoms with Crippen molar-refractivity contribution in [1.82, 2.24) is 9.21 Å². The molecular weight excluding hydrogens is 316 g/mol. The summed E-state index contributed by atoms with van der Waals surface area (Å²) in [5.74, 6) is 0.471. The number of carbonyl (C=O) groups excluding carboxylic acids is 1. The highest BCUT2D eigenvalue weighted by Crippen LogP contribution is 2.29. The lowest BCUT2D eigenvalue weighted by atomic mass is 10.1. The van der Waals surface area contributed by atoms with E-state index in [9.17, 15) is 13.2 Å². The van der Waals surface area contributed by atoms with Crippen molar-refractivity contribution in [3.63, 3.8) is 0 Å². The van der Waals surface area contributed by atoms with Gasteiger partial charge < -0.3 is 9.64 Å². The van der Waals surface area contributed by atoms with Crippen LogP contribution in [-0.2, 0) is 14.8 Å². The fourth-order valence-electron chi connectivity index (χ4n) is 2.98. The summed E-state index contributed by atoms with van der Waals surface area (Å²) in [6, 6.07) is 3.48. The van der Waals surface area contributed by atoms with E-state index in [1.165, 1.54) is 4.31 Å². The second kappa shape index (κ2) is 6.49. The van der Waals surface area contributed by atoms with E-state index >= 15 is 0 Å². The Hall–Kier alpha value is -1.60. The van der Waals surface area contributed by atoms with Gasteiger partial charge in [0.25, 0.3) is 0 Å². The number of hydrogen-bond acceptors (Lipinski definition) is 4. The van der Waals surface area contributed by atoms with E-state index in [4.69, 9.17) is 4.74 Å². The van der Waals surface area contributed by atoms with Gasteiger partial charge >= 0.3 is 0 Å². The van der Waals surface area contributed by atoms with Crippen LogP contribution in [0.15, 0.2) is 17.0 Å². The quantitative estimate of drug-likeness (QED) is 0.834. The maximum absolute atomic E-state index is 13.0. The molecule has 1 saturated heterocycles. The van der Waals surface area contributed by atoms with Crippen LogP contribution in [-0.4, -0.2) is 56.3 Å². The number of sulfonamides is 1. The van der Waals surface area contributed by atoms with Crippen LogP contribution in [0.2, 0.25) is 0 Å². The van der Waals surface area contributed by atoms with Crippen LogP contribution < -0.4 is 4.74 Å². The Balaban J connectivity index is 2.35. The molecule has 0 radical (unpaired) electrons. The van der Waals surface area contributed by atoms with Gasteiger partial charge in [-0.15, -0.1) is 0 Å². The third-order valence-corrected chi connectivity index (χ3v) is 6.26. The number of amides is 1. The van der Waals surface area contributed by atoms with E-state index in [2.05, 4.69) is 0 Å². The molecule has 6 nitrogen and oxygen atoms in total. The van der Waals surface area contributed by atoms with Crippen molar-refractivity contribution in [2.45, 2.75) is 38.6 Å². The van der Waals surface area contributed by atoms with E-state index in [0.29, 0.717) is 30.0 Å². The molecule has 1 amide bonds. The van der Waals surface area contributed by atoms with Crippen LogP contribution in [0.4, 0.5) is 0 Å². The molecule has 1 aliphatic rings. The summed E-state index contributed by atoms with van der Waals surface area (Å²) in [6.45, 7) is 7.98. The molecule has 23 heavy (non-hydrogen) atoms. The maximum Gasteiger partial charge on any atom is 0.244 e. The van der Waals surface area contributed by atoms with Gasteiger partial charge in [-0.05, 0) is 51.0 Å². The molecule has 7 heteroatoms. The highest BCUT2D eigenvalue weighted by atomic mass is 32.2. The largest absolute Gasteiger partial charge is 0.497 e. The summed E-state index contributed by atoms with van der Waals surface area (Å²) in [6.07, 6.45) is 0. The van der Waals surface area contributed by atoms with Crippen molar-refractivity contribution in [2.24, 2.45) is 0 Å². The van der Waals surface area contributed by atoms with Gasteiger partial charge in [0.1, 0.15) is 5.75 Å². The summed E-state index contributed by atoms with van der Waals surface area (Å²) in [5, 5.41) is 0. The molecule has 0 bridgehead atoms. The van der Waals surface area contributed by atoms with Crippen molar-refractivity contribution < 1.29 is 17.9 Å². The molecule has 1 aromatic rings. The summed E-state index contributed by atoms with van der Waals surface area (Å²) in [4.78, 5) is 14.2. The first kappa shape index (κ1) is 17.7. The topological polar surface area (TPSA) is 66.9 Å². The van der Waals surface area contributed by atoms with Crippen molar-refractivity contribution >= 4 is 15.9 Å². The van der Waals surface area contributed by atoms with Gasteiger partial charge in [-0.25, -0.2) is 8.42 Å². The first-order chi connectivity index (χ1) is 10.7. The number of aryl methyl sites for hydroxylation is 2. The summed E-state index contributed by atoms with van der Waals surface area (Å²) in [5.41, 5.74) is 1.25. The van der Waals surface area contributed by atoms with Crippen molar-refractivity contribution in [3.8, 4) is 5.75 Å². The zero-order valence-electron chi connectivity index (χ0n) is 14.3. The minimum Gasteiger partial charge on any atom is -0.497 e. The Bertz CT molecular complexity index is 690. The van der Waals surface area contributed by atoms with Crippen molar-refractivity contribution in [3.05, 3.63) is 23.3 Å². The Morgan fingerprint density at radius 3 is 2.13 bits per heavy atom. The van der Waals surface area contributed by atoms with Crippen LogP contribution in [0.1, 0.15) is 25.0 Å². The molecule has 0 N–H and O–H groups in total. The van der Waals surface area contributed by atoms with Gasteiger partial charge in [0.2, 0.25) is 15.9 Å². The molecule has 0 spiro atoms. The normalized spacial score (nSPS) is 17.0. The van der Waals surface area contributed by atoms with Gasteiger partial charge in [-0.3, -0.25) is 4.79 Å². The molecule has 0 atom stereocenters. The average molecular weight is 340 g/mol. The van der Waals surface area contributed by atoms with Gasteiger partial charge in [-0.2, -0.15) is 4.31 Å². The number of rotatable bonds is 4. The number of ether oxygens (including phenoxy) is 1. The van der Waals surface area contributed by atoms with Crippen LogP contribution in [0, 0.1) is 13.8 Å². The highest BCUT2D eigenvalue weighted by molar-refractivity contribution is 7.89. The lowest BCUT2D eigenvalue weighted by molar-refractivity contribution is -0.135. The second-order valence-electron chi connectivity index (χ2n) is 6.11. The number of nitrogens with zero attached hydrogens (tertiary/aromatic N) is 2. The molecule has 1 heterocycles. The first-order valence-corrected chi connectivity index (χ1v) is 9.07. The molecule has 1 aliphatic heterocycles. The number of hydrogen-bond donors (Lipinski definition) is 0. The summed E-state index contributed by atoms with van der Waals surface area (Å²) < 4.78 is 32.4. The smallest absolute Gasteiger partial charge is 0.244 e. The molecule has 1 fully saturated rings. The van der Waals surface area contributed by atoms with E-state index < -0.39 is 10.0 Å². The Kier molecular flexibility index (Phi) is 5.01. The molecule has 2 rings (SSSR count). The van der Waals surface area contributed by atoms with E-state index in [1.54, 1.807) is 38.0 Å². The van der Waals surface area contributed by atoms with Gasteiger partial charge in [0.05, 0.1) is 18.6 Å². The fourth-order valence-corrected chi connectivity index (χ4v) is 4.77. The number of piperazine rings is 1. The molecular formula is C16H24N2O4S. The predicted octanol–water partition coefficient (Wildman–Crippen LogP) is 1.55. The third kappa shape index (κ3) is 3.35.